The fourth-order valence-corrected chi connectivity index (χ4v) is 5.86. The van der Waals surface area contributed by atoms with Gasteiger partial charge < -0.3 is 0 Å². The van der Waals surface area contributed by atoms with Crippen molar-refractivity contribution in [2.75, 3.05) is 0 Å². The van der Waals surface area contributed by atoms with Gasteiger partial charge in [-0.05, 0) is 65.4 Å². The van der Waals surface area contributed by atoms with Gasteiger partial charge in [0.05, 0.1) is 12.5 Å². The number of hydrogen-bond acceptors (Lipinski definition) is 1. The van der Waals surface area contributed by atoms with Gasteiger partial charge in [-0.1, -0.05) is 84.8 Å². The molecule has 1 nitrogen and oxygen atoms in total. The van der Waals surface area contributed by atoms with Crippen LogP contribution in [0.1, 0.15) is 67.1 Å². The molecule has 144 valence electrons. The van der Waals surface area contributed by atoms with E-state index in [9.17, 15) is 5.26 Å². The summed E-state index contributed by atoms with van der Waals surface area (Å²) in [7, 11) is 0. The molecule has 0 saturated heterocycles. The van der Waals surface area contributed by atoms with Crippen LogP contribution >= 0.6 is 0 Å². The number of nitrogens with zero attached hydrogens (tertiary/aromatic N) is 1. The van der Waals surface area contributed by atoms with Gasteiger partial charge in [0.15, 0.2) is 0 Å². The summed E-state index contributed by atoms with van der Waals surface area (Å²) in [6, 6.07) is 21.8. The fourth-order valence-electron chi connectivity index (χ4n) is 5.86. The second-order valence-corrected chi connectivity index (χ2v) is 8.66. The molecule has 29 heavy (non-hydrogen) atoms. The van der Waals surface area contributed by atoms with E-state index in [1.165, 1.54) is 24.8 Å². The molecule has 0 aromatic heterocycles. The molecule has 0 radical (unpaired) electrons. The Morgan fingerprint density at radius 1 is 0.931 bits per heavy atom. The van der Waals surface area contributed by atoms with Gasteiger partial charge in [-0.3, -0.25) is 0 Å². The first-order valence-corrected chi connectivity index (χ1v) is 11.0. The monoisotopic (exact) mass is 377 g/mol. The molecule has 3 aliphatic carbocycles. The summed E-state index contributed by atoms with van der Waals surface area (Å²) in [5, 5.41) is 9.27. The van der Waals surface area contributed by atoms with Crippen LogP contribution in [0.4, 0.5) is 0 Å². The average Bonchev–Trinajstić information content (AvgIpc) is 3.36. The molecule has 1 fully saturated rings. The van der Waals surface area contributed by atoms with Crippen LogP contribution < -0.4 is 0 Å². The third-order valence-electron chi connectivity index (χ3n) is 7.12. The van der Waals surface area contributed by atoms with Crippen molar-refractivity contribution in [3.8, 4) is 6.07 Å². The molecule has 2 aromatic rings. The number of allylic oxidation sites excluding steroid dienone is 6. The van der Waals surface area contributed by atoms with E-state index in [1.54, 1.807) is 16.7 Å². The minimum atomic E-state index is 0.456. The third-order valence-corrected chi connectivity index (χ3v) is 7.12. The first-order chi connectivity index (χ1) is 14.3. The Morgan fingerprint density at radius 2 is 1.72 bits per heavy atom. The number of hydrogen-bond donors (Lipinski definition) is 0. The van der Waals surface area contributed by atoms with Crippen LogP contribution in [0.25, 0.3) is 5.57 Å². The van der Waals surface area contributed by atoms with Gasteiger partial charge in [0.2, 0.25) is 0 Å². The third kappa shape index (κ3) is 3.38. The van der Waals surface area contributed by atoms with E-state index in [4.69, 9.17) is 0 Å². The van der Waals surface area contributed by atoms with Crippen molar-refractivity contribution in [1.29, 1.82) is 5.26 Å². The topological polar surface area (TPSA) is 23.8 Å². The van der Waals surface area contributed by atoms with Crippen molar-refractivity contribution < 1.29 is 0 Å². The highest BCUT2D eigenvalue weighted by atomic mass is 14.5. The number of nitriles is 1. The van der Waals surface area contributed by atoms with Gasteiger partial charge in [-0.15, -0.1) is 0 Å². The van der Waals surface area contributed by atoms with E-state index >= 15 is 0 Å². The van der Waals surface area contributed by atoms with Gasteiger partial charge >= 0.3 is 0 Å². The van der Waals surface area contributed by atoms with Crippen LogP contribution in [-0.4, -0.2) is 0 Å². The Hall–Kier alpha value is -2.85. The van der Waals surface area contributed by atoms with Gasteiger partial charge in [0.25, 0.3) is 0 Å². The molecule has 5 rings (SSSR count). The van der Waals surface area contributed by atoms with E-state index in [0.717, 1.165) is 35.8 Å². The summed E-state index contributed by atoms with van der Waals surface area (Å²) in [6.45, 7) is 0. The molecule has 0 heterocycles. The highest BCUT2D eigenvalue weighted by molar-refractivity contribution is 5.70. The summed E-state index contributed by atoms with van der Waals surface area (Å²) in [4.78, 5) is 0. The zero-order valence-corrected chi connectivity index (χ0v) is 16.9. The van der Waals surface area contributed by atoms with Crippen LogP contribution in [0.3, 0.4) is 0 Å². The molecule has 3 aliphatic rings. The lowest BCUT2D eigenvalue weighted by atomic mass is 9.79. The maximum absolute atomic E-state index is 9.27. The quantitative estimate of drug-likeness (QED) is 0.548. The normalized spacial score (nSPS) is 25.6. The minimum absolute atomic E-state index is 0.456. The Labute approximate surface area is 174 Å². The Bertz CT molecular complexity index is 1030. The molecule has 0 aliphatic heterocycles. The average molecular weight is 378 g/mol. The zero-order valence-electron chi connectivity index (χ0n) is 16.9. The van der Waals surface area contributed by atoms with E-state index < -0.39 is 0 Å². The zero-order chi connectivity index (χ0) is 19.6. The highest BCUT2D eigenvalue weighted by Gasteiger charge is 2.44. The van der Waals surface area contributed by atoms with Crippen molar-refractivity contribution in [2.45, 2.75) is 50.4 Å². The summed E-state index contributed by atoms with van der Waals surface area (Å²) in [5.41, 5.74) is 8.45. The Balaban J connectivity index is 1.45. The fraction of sp³-hybridized carbons (Fsp3) is 0.321. The predicted molar refractivity (Wildman–Crippen MR) is 119 cm³/mol. The lowest BCUT2D eigenvalue weighted by Crippen LogP contribution is -2.11. The minimum Gasteiger partial charge on any atom is -0.198 e. The van der Waals surface area contributed by atoms with Gasteiger partial charge in [-0.25, -0.2) is 0 Å². The maximum atomic E-state index is 9.27. The molecule has 1 heteroatoms. The molecule has 0 amide bonds. The number of fused-ring (bicyclic) bond motifs is 3. The lowest BCUT2D eigenvalue weighted by molar-refractivity contribution is 0.462. The standard InChI is InChI=1S/C28H27N/c29-18-17-23(21-7-2-1-3-8-21)19-20-13-15-22(16-14-20)28-26-10-5-4-9-24(26)25-11-6-12-27(25)28/h1-5,7-10,13,15,19,25,27-28H,6,11-12,14,16-17H2/b23-19+. The molecule has 0 N–H and O–H groups in total. The molecule has 0 spiro atoms. The second kappa shape index (κ2) is 7.88. The molecule has 1 saturated carbocycles. The first-order valence-electron chi connectivity index (χ1n) is 11.0. The molecule has 3 atom stereocenters. The maximum Gasteiger partial charge on any atom is 0.0669 e. The molecule has 2 aromatic carbocycles. The smallest absolute Gasteiger partial charge is 0.0669 e. The van der Waals surface area contributed by atoms with Crippen LogP contribution in [0.2, 0.25) is 0 Å². The molecule has 0 bridgehead atoms. The Kier molecular flexibility index (Phi) is 4.94. The van der Waals surface area contributed by atoms with E-state index in [2.05, 4.69) is 60.7 Å². The van der Waals surface area contributed by atoms with Crippen molar-refractivity contribution in [2.24, 2.45) is 5.92 Å². The number of rotatable bonds is 4. The number of benzene rings is 2. The second-order valence-electron chi connectivity index (χ2n) is 8.66. The van der Waals surface area contributed by atoms with E-state index in [-0.39, 0.29) is 0 Å². The van der Waals surface area contributed by atoms with Crippen LogP contribution in [0.15, 0.2) is 84.0 Å². The van der Waals surface area contributed by atoms with Crippen LogP contribution in [-0.2, 0) is 0 Å². The van der Waals surface area contributed by atoms with Crippen molar-refractivity contribution in [3.63, 3.8) is 0 Å². The van der Waals surface area contributed by atoms with Crippen LogP contribution in [0, 0.1) is 17.2 Å². The molecular formula is C28H27N. The largest absolute Gasteiger partial charge is 0.198 e. The van der Waals surface area contributed by atoms with Gasteiger partial charge in [0, 0.05) is 5.92 Å². The SMILES string of the molecule is N#CC/C(=C\C1=CC=C(C2c3ccccc3C3CCCC32)CC1)c1ccccc1. The summed E-state index contributed by atoms with van der Waals surface area (Å²) < 4.78 is 0. The van der Waals surface area contributed by atoms with E-state index in [0.29, 0.717) is 12.3 Å². The van der Waals surface area contributed by atoms with Gasteiger partial charge in [-0.2, -0.15) is 5.26 Å². The molecule has 3 unspecified atom stereocenters. The summed E-state index contributed by atoms with van der Waals surface area (Å²) >= 11 is 0. The van der Waals surface area contributed by atoms with Gasteiger partial charge in [0.1, 0.15) is 0 Å². The van der Waals surface area contributed by atoms with Crippen LogP contribution in [0.5, 0.6) is 0 Å². The predicted octanol–water partition coefficient (Wildman–Crippen LogP) is 7.31. The molecular weight excluding hydrogens is 350 g/mol. The van der Waals surface area contributed by atoms with Crippen molar-refractivity contribution in [1.82, 2.24) is 0 Å². The van der Waals surface area contributed by atoms with Crippen molar-refractivity contribution in [3.05, 3.63) is 101 Å². The van der Waals surface area contributed by atoms with E-state index in [1.807, 2.05) is 18.2 Å². The Morgan fingerprint density at radius 3 is 2.48 bits per heavy atom. The summed E-state index contributed by atoms with van der Waals surface area (Å²) in [6.07, 6.45) is 13.7. The highest BCUT2D eigenvalue weighted by Crippen LogP contribution is 2.58. The summed E-state index contributed by atoms with van der Waals surface area (Å²) in [5.74, 6) is 2.21. The lowest BCUT2D eigenvalue weighted by Gasteiger charge is -2.25. The first kappa shape index (κ1) is 18.2. The van der Waals surface area contributed by atoms with Crippen molar-refractivity contribution >= 4 is 5.57 Å².